The van der Waals surface area contributed by atoms with Gasteiger partial charge in [0.05, 0.1) is 6.04 Å². The maximum Gasteiger partial charge on any atom is 0.251 e. The van der Waals surface area contributed by atoms with Crippen molar-refractivity contribution in [3.8, 4) is 5.75 Å². The first-order chi connectivity index (χ1) is 14.0. The number of carbonyl (C=O) groups excluding carboxylic acids is 1. The van der Waals surface area contributed by atoms with E-state index in [-0.39, 0.29) is 11.9 Å². The molecule has 3 rings (SSSR count). The number of amides is 1. The fraction of sp³-hybridized carbons (Fsp3) is 0.240. The number of rotatable bonds is 8. The lowest BCUT2D eigenvalue weighted by molar-refractivity contribution is 0.0926. The van der Waals surface area contributed by atoms with E-state index in [4.69, 9.17) is 4.74 Å². The van der Waals surface area contributed by atoms with Crippen LogP contribution in [0.15, 0.2) is 77.7 Å². The minimum atomic E-state index is -0.0828. The first-order valence-electron chi connectivity index (χ1n) is 9.78. The van der Waals surface area contributed by atoms with Gasteiger partial charge in [-0.3, -0.25) is 4.79 Å². The zero-order valence-corrected chi connectivity index (χ0v) is 18.0. The number of hydrogen-bond acceptors (Lipinski definition) is 3. The molecular weight excluding hydrogens is 378 g/mol. The first-order valence-corrected chi connectivity index (χ1v) is 10.8. The monoisotopic (exact) mass is 405 g/mol. The molecule has 0 aliphatic carbocycles. The summed E-state index contributed by atoms with van der Waals surface area (Å²) in [6.07, 6.45) is 0. The van der Waals surface area contributed by atoms with Crippen LogP contribution in [0.25, 0.3) is 0 Å². The van der Waals surface area contributed by atoms with E-state index >= 15 is 0 Å². The predicted octanol–water partition coefficient (Wildman–Crippen LogP) is 5.79. The Morgan fingerprint density at radius 1 is 0.897 bits per heavy atom. The lowest BCUT2D eigenvalue weighted by atomic mass is 10.1. The van der Waals surface area contributed by atoms with E-state index in [0.717, 1.165) is 11.5 Å². The highest BCUT2D eigenvalue weighted by Crippen LogP contribution is 2.23. The Kier molecular flexibility index (Phi) is 7.36. The Hall–Kier alpha value is -2.72. The fourth-order valence-corrected chi connectivity index (χ4v) is 3.61. The molecule has 0 aromatic heterocycles. The Morgan fingerprint density at radius 2 is 1.48 bits per heavy atom. The average molecular weight is 406 g/mol. The van der Waals surface area contributed by atoms with Gasteiger partial charge in [-0.2, -0.15) is 0 Å². The van der Waals surface area contributed by atoms with Crippen molar-refractivity contribution < 1.29 is 9.53 Å². The topological polar surface area (TPSA) is 38.3 Å². The molecule has 0 spiro atoms. The van der Waals surface area contributed by atoms with E-state index in [0.29, 0.717) is 12.2 Å². The van der Waals surface area contributed by atoms with E-state index in [1.807, 2.05) is 62.4 Å². The van der Waals surface area contributed by atoms with Crippen LogP contribution < -0.4 is 10.1 Å². The van der Waals surface area contributed by atoms with Gasteiger partial charge >= 0.3 is 0 Å². The molecule has 0 aliphatic rings. The van der Waals surface area contributed by atoms with Gasteiger partial charge in [-0.05, 0) is 62.7 Å². The summed E-state index contributed by atoms with van der Waals surface area (Å²) in [6, 6.07) is 24.2. The van der Waals surface area contributed by atoms with Crippen LogP contribution in [0.5, 0.6) is 5.75 Å². The van der Waals surface area contributed by atoms with E-state index in [2.05, 4.69) is 36.5 Å². The van der Waals surface area contributed by atoms with Gasteiger partial charge in [0.25, 0.3) is 5.91 Å². The average Bonchev–Trinajstić information content (AvgIpc) is 2.73. The van der Waals surface area contributed by atoms with Crippen molar-refractivity contribution in [2.24, 2.45) is 0 Å². The Morgan fingerprint density at radius 3 is 2.10 bits per heavy atom. The summed E-state index contributed by atoms with van der Waals surface area (Å²) in [7, 11) is 0. The Balaban J connectivity index is 1.46. The number of carbonyl (C=O) groups is 1. The Labute approximate surface area is 177 Å². The maximum atomic E-state index is 12.5. The molecule has 0 saturated carbocycles. The van der Waals surface area contributed by atoms with E-state index in [1.54, 1.807) is 11.8 Å². The maximum absolute atomic E-state index is 12.5. The molecule has 3 aromatic rings. The number of benzene rings is 3. The lowest BCUT2D eigenvalue weighted by Crippen LogP contribution is -2.36. The molecule has 0 radical (unpaired) electrons. The van der Waals surface area contributed by atoms with Crippen molar-refractivity contribution in [1.29, 1.82) is 0 Å². The van der Waals surface area contributed by atoms with E-state index < -0.39 is 0 Å². The third-order valence-electron chi connectivity index (χ3n) is 4.54. The van der Waals surface area contributed by atoms with Crippen LogP contribution in [0.4, 0.5) is 0 Å². The van der Waals surface area contributed by atoms with Gasteiger partial charge in [0, 0.05) is 16.2 Å². The lowest BCUT2D eigenvalue weighted by Gasteiger charge is -2.15. The summed E-state index contributed by atoms with van der Waals surface area (Å²) in [5, 5.41) is 2.99. The van der Waals surface area contributed by atoms with Gasteiger partial charge in [0.15, 0.2) is 0 Å². The second-order valence-electron chi connectivity index (χ2n) is 7.30. The van der Waals surface area contributed by atoms with Crippen molar-refractivity contribution in [3.05, 3.63) is 95.1 Å². The van der Waals surface area contributed by atoms with Crippen LogP contribution in [0.1, 0.15) is 34.0 Å². The fourth-order valence-electron chi connectivity index (χ4n) is 2.76. The summed E-state index contributed by atoms with van der Waals surface area (Å²) in [4.78, 5) is 13.7. The standard InChI is InChI=1S/C25H27NO2S/c1-18-4-12-23(13-5-18)28-16-20(3)26-25(27)22-10-8-21(9-11-22)17-29-24-14-6-19(2)7-15-24/h4-15,20H,16-17H2,1-3H3,(H,26,27)/t20-/m0/s1. The zero-order valence-electron chi connectivity index (χ0n) is 17.1. The van der Waals surface area contributed by atoms with Crippen molar-refractivity contribution >= 4 is 17.7 Å². The Bertz CT molecular complexity index is 919. The molecule has 0 fully saturated rings. The van der Waals surface area contributed by atoms with Gasteiger partial charge in [-0.15, -0.1) is 11.8 Å². The molecule has 150 valence electrons. The van der Waals surface area contributed by atoms with Crippen LogP contribution in [0.3, 0.4) is 0 Å². The number of hydrogen-bond donors (Lipinski definition) is 1. The van der Waals surface area contributed by atoms with Crippen LogP contribution in [0, 0.1) is 13.8 Å². The highest BCUT2D eigenvalue weighted by molar-refractivity contribution is 7.98. The number of thioether (sulfide) groups is 1. The first kappa shape index (κ1) is 21.0. The molecule has 0 bridgehead atoms. The molecule has 3 aromatic carbocycles. The highest BCUT2D eigenvalue weighted by atomic mass is 32.2. The zero-order chi connectivity index (χ0) is 20.6. The van der Waals surface area contributed by atoms with Crippen LogP contribution in [-0.2, 0) is 5.75 Å². The van der Waals surface area contributed by atoms with Crippen molar-refractivity contribution in [1.82, 2.24) is 5.32 Å². The van der Waals surface area contributed by atoms with Crippen molar-refractivity contribution in [2.45, 2.75) is 37.5 Å². The summed E-state index contributed by atoms with van der Waals surface area (Å²) in [5.74, 6) is 1.61. The van der Waals surface area contributed by atoms with Crippen molar-refractivity contribution in [2.75, 3.05) is 6.61 Å². The third kappa shape index (κ3) is 6.68. The normalized spacial score (nSPS) is 11.7. The molecule has 0 aliphatic heterocycles. The largest absolute Gasteiger partial charge is 0.491 e. The third-order valence-corrected chi connectivity index (χ3v) is 5.62. The number of ether oxygens (including phenoxy) is 1. The minimum absolute atomic E-state index is 0.0808. The highest BCUT2D eigenvalue weighted by Gasteiger charge is 2.10. The summed E-state index contributed by atoms with van der Waals surface area (Å²) < 4.78 is 5.74. The molecule has 0 heterocycles. The molecule has 4 heteroatoms. The smallest absolute Gasteiger partial charge is 0.251 e. The molecule has 0 unspecified atom stereocenters. The second kappa shape index (κ2) is 10.2. The van der Waals surface area contributed by atoms with Gasteiger partial charge in [0.1, 0.15) is 12.4 Å². The molecular formula is C25H27NO2S. The van der Waals surface area contributed by atoms with Crippen LogP contribution in [-0.4, -0.2) is 18.6 Å². The SMILES string of the molecule is Cc1ccc(OC[C@H](C)NC(=O)c2ccc(CSc3ccc(C)cc3)cc2)cc1. The van der Waals surface area contributed by atoms with Crippen LogP contribution >= 0.6 is 11.8 Å². The number of nitrogens with one attached hydrogen (secondary N) is 1. The molecule has 0 saturated heterocycles. The van der Waals surface area contributed by atoms with Crippen molar-refractivity contribution in [3.63, 3.8) is 0 Å². The predicted molar refractivity (Wildman–Crippen MR) is 121 cm³/mol. The minimum Gasteiger partial charge on any atom is -0.491 e. The van der Waals surface area contributed by atoms with Gasteiger partial charge in [-0.1, -0.05) is 47.5 Å². The van der Waals surface area contributed by atoms with Gasteiger partial charge in [0.2, 0.25) is 0 Å². The number of aryl methyl sites for hydroxylation is 2. The summed E-state index contributed by atoms with van der Waals surface area (Å²) in [6.45, 7) is 6.51. The molecule has 1 atom stereocenters. The van der Waals surface area contributed by atoms with E-state index in [1.165, 1.54) is 21.6 Å². The summed E-state index contributed by atoms with van der Waals surface area (Å²) in [5.41, 5.74) is 4.32. The quantitative estimate of drug-likeness (QED) is 0.482. The molecule has 1 N–H and O–H groups in total. The molecule has 29 heavy (non-hydrogen) atoms. The van der Waals surface area contributed by atoms with Gasteiger partial charge in [-0.25, -0.2) is 0 Å². The van der Waals surface area contributed by atoms with Crippen LogP contribution in [0.2, 0.25) is 0 Å². The summed E-state index contributed by atoms with van der Waals surface area (Å²) >= 11 is 1.80. The molecule has 1 amide bonds. The van der Waals surface area contributed by atoms with Gasteiger partial charge < -0.3 is 10.1 Å². The molecule has 3 nitrogen and oxygen atoms in total. The second-order valence-corrected chi connectivity index (χ2v) is 8.35. The van der Waals surface area contributed by atoms with E-state index in [9.17, 15) is 4.79 Å².